The summed E-state index contributed by atoms with van der Waals surface area (Å²) in [6, 6.07) is -0.266. The molecule has 2 fully saturated rings. The highest BCUT2D eigenvalue weighted by Gasteiger charge is 2.50. The van der Waals surface area contributed by atoms with Gasteiger partial charge in [-0.2, -0.15) is 0 Å². The summed E-state index contributed by atoms with van der Waals surface area (Å²) in [4.78, 5) is 26.4. The first-order valence-corrected chi connectivity index (χ1v) is 6.96. The number of amides is 2. The van der Waals surface area contributed by atoms with Gasteiger partial charge < -0.3 is 10.2 Å². The van der Waals surface area contributed by atoms with Crippen molar-refractivity contribution in [3.8, 4) is 0 Å². The number of piperazine rings is 1. The molecule has 18 heavy (non-hydrogen) atoms. The topological polar surface area (TPSA) is 49.4 Å². The molecule has 0 aromatic heterocycles. The lowest BCUT2D eigenvalue weighted by Crippen LogP contribution is -2.69. The van der Waals surface area contributed by atoms with Gasteiger partial charge >= 0.3 is 0 Å². The molecule has 2 rings (SSSR count). The van der Waals surface area contributed by atoms with Crippen molar-refractivity contribution in [2.45, 2.75) is 58.5 Å². The molecule has 0 bridgehead atoms. The molecule has 2 amide bonds. The third kappa shape index (κ3) is 2.38. The first kappa shape index (κ1) is 13.4. The van der Waals surface area contributed by atoms with E-state index >= 15 is 0 Å². The number of hydrogen-bond acceptors (Lipinski definition) is 2. The van der Waals surface area contributed by atoms with Gasteiger partial charge in [0, 0.05) is 6.54 Å². The number of hydrogen-bond donors (Lipinski definition) is 1. The molecule has 1 heterocycles. The van der Waals surface area contributed by atoms with Crippen molar-refractivity contribution >= 4 is 11.8 Å². The summed E-state index contributed by atoms with van der Waals surface area (Å²) in [5.41, 5.74) is -0.711. The van der Waals surface area contributed by atoms with Crippen molar-refractivity contribution < 1.29 is 9.59 Å². The minimum absolute atomic E-state index is 0.0113. The standard InChI is InChI=1S/C14H24N2O2/c1-9(2)7-8-16-12(17)11(10-5-6-10)15-13(18)14(16,3)4/h9-11H,5-8H2,1-4H3,(H,15,18). The quantitative estimate of drug-likeness (QED) is 0.825. The van der Waals surface area contributed by atoms with Crippen molar-refractivity contribution in [2.75, 3.05) is 6.54 Å². The SMILES string of the molecule is CC(C)CCN1C(=O)C(C2CC2)NC(=O)C1(C)C. The summed E-state index contributed by atoms with van der Waals surface area (Å²) in [5, 5.41) is 2.91. The van der Waals surface area contributed by atoms with Crippen molar-refractivity contribution in [1.82, 2.24) is 10.2 Å². The van der Waals surface area contributed by atoms with Gasteiger partial charge in [-0.1, -0.05) is 13.8 Å². The fraction of sp³-hybridized carbons (Fsp3) is 0.857. The Morgan fingerprint density at radius 1 is 1.33 bits per heavy atom. The third-order valence-electron chi connectivity index (χ3n) is 4.07. The number of nitrogens with zero attached hydrogens (tertiary/aromatic N) is 1. The zero-order chi connectivity index (χ0) is 13.5. The largest absolute Gasteiger partial charge is 0.342 e. The van der Waals surface area contributed by atoms with Gasteiger partial charge in [-0.25, -0.2) is 0 Å². The second kappa shape index (κ2) is 4.56. The molecule has 0 spiro atoms. The lowest BCUT2D eigenvalue weighted by atomic mass is 9.93. The maximum Gasteiger partial charge on any atom is 0.246 e. The van der Waals surface area contributed by atoms with E-state index in [9.17, 15) is 9.59 Å². The monoisotopic (exact) mass is 252 g/mol. The van der Waals surface area contributed by atoms with E-state index in [4.69, 9.17) is 0 Å². The minimum Gasteiger partial charge on any atom is -0.342 e. The molecule has 0 radical (unpaired) electrons. The lowest BCUT2D eigenvalue weighted by molar-refractivity contribution is -0.156. The lowest BCUT2D eigenvalue weighted by Gasteiger charge is -2.44. The van der Waals surface area contributed by atoms with Crippen molar-refractivity contribution in [3.63, 3.8) is 0 Å². The van der Waals surface area contributed by atoms with Gasteiger partial charge in [-0.3, -0.25) is 9.59 Å². The predicted octanol–water partition coefficient (Wildman–Crippen LogP) is 1.55. The molecule has 102 valence electrons. The predicted molar refractivity (Wildman–Crippen MR) is 69.9 cm³/mol. The maximum absolute atomic E-state index is 12.5. The first-order chi connectivity index (χ1) is 8.34. The van der Waals surface area contributed by atoms with Crippen molar-refractivity contribution in [2.24, 2.45) is 11.8 Å². The zero-order valence-corrected chi connectivity index (χ0v) is 11.8. The highest BCUT2D eigenvalue weighted by Crippen LogP contribution is 2.36. The van der Waals surface area contributed by atoms with Crippen LogP contribution in [0.15, 0.2) is 0 Å². The summed E-state index contributed by atoms with van der Waals surface area (Å²) >= 11 is 0. The van der Waals surface area contributed by atoms with E-state index < -0.39 is 5.54 Å². The molecular weight excluding hydrogens is 228 g/mol. The van der Waals surface area contributed by atoms with E-state index in [2.05, 4.69) is 19.2 Å². The van der Waals surface area contributed by atoms with Gasteiger partial charge in [0.05, 0.1) is 0 Å². The molecule has 0 aromatic carbocycles. The highest BCUT2D eigenvalue weighted by atomic mass is 16.2. The van der Waals surface area contributed by atoms with Crippen molar-refractivity contribution in [1.29, 1.82) is 0 Å². The Bertz CT molecular complexity index is 359. The Hall–Kier alpha value is -1.06. The third-order valence-corrected chi connectivity index (χ3v) is 4.07. The Balaban J connectivity index is 2.14. The number of carbonyl (C=O) groups excluding carboxylic acids is 2. The molecular formula is C14H24N2O2. The fourth-order valence-corrected chi connectivity index (χ4v) is 2.47. The van der Waals surface area contributed by atoms with Crippen LogP contribution in [-0.2, 0) is 9.59 Å². The molecule has 1 unspecified atom stereocenters. The van der Waals surface area contributed by atoms with Crippen LogP contribution in [-0.4, -0.2) is 34.8 Å². The van der Waals surface area contributed by atoms with Gasteiger partial charge in [0.1, 0.15) is 11.6 Å². The van der Waals surface area contributed by atoms with Gasteiger partial charge in [0.25, 0.3) is 0 Å². The Morgan fingerprint density at radius 3 is 2.44 bits per heavy atom. The molecule has 1 saturated heterocycles. The summed E-state index contributed by atoms with van der Waals surface area (Å²) in [6.45, 7) is 8.63. The van der Waals surface area contributed by atoms with Crippen LogP contribution in [0.4, 0.5) is 0 Å². The van der Waals surface area contributed by atoms with Gasteiger partial charge in [-0.15, -0.1) is 0 Å². The molecule has 2 aliphatic rings. The van der Waals surface area contributed by atoms with Gasteiger partial charge in [0.15, 0.2) is 0 Å². The number of carbonyl (C=O) groups is 2. The molecule has 1 saturated carbocycles. The Morgan fingerprint density at radius 2 is 1.94 bits per heavy atom. The maximum atomic E-state index is 12.5. The van der Waals surface area contributed by atoms with Crippen LogP contribution in [0.25, 0.3) is 0 Å². The van der Waals surface area contributed by atoms with Crippen molar-refractivity contribution in [3.05, 3.63) is 0 Å². The summed E-state index contributed by atoms with van der Waals surface area (Å²) in [7, 11) is 0. The van der Waals surface area contributed by atoms with Crippen LogP contribution in [0.5, 0.6) is 0 Å². The van der Waals surface area contributed by atoms with E-state index in [1.807, 2.05) is 13.8 Å². The van der Waals surface area contributed by atoms with E-state index in [-0.39, 0.29) is 17.9 Å². The van der Waals surface area contributed by atoms with Gasteiger partial charge in [-0.05, 0) is 44.9 Å². The molecule has 1 aliphatic carbocycles. The molecule has 4 nitrogen and oxygen atoms in total. The first-order valence-electron chi connectivity index (χ1n) is 6.96. The fourth-order valence-electron chi connectivity index (χ4n) is 2.47. The average Bonchev–Trinajstić information content (AvgIpc) is 3.06. The molecule has 1 atom stereocenters. The zero-order valence-electron chi connectivity index (χ0n) is 11.8. The second-order valence-corrected chi connectivity index (χ2v) is 6.52. The van der Waals surface area contributed by atoms with E-state index in [0.717, 1.165) is 19.3 Å². The Labute approximate surface area is 109 Å². The molecule has 0 aromatic rings. The normalized spacial score (nSPS) is 27.6. The second-order valence-electron chi connectivity index (χ2n) is 6.52. The Kier molecular flexibility index (Phi) is 3.39. The molecule has 1 aliphatic heterocycles. The minimum atomic E-state index is -0.711. The number of rotatable bonds is 4. The summed E-state index contributed by atoms with van der Waals surface area (Å²) < 4.78 is 0. The van der Waals surface area contributed by atoms with E-state index in [1.54, 1.807) is 4.90 Å². The van der Waals surface area contributed by atoms with Crippen LogP contribution in [0, 0.1) is 11.8 Å². The summed E-state index contributed by atoms with van der Waals surface area (Å²) in [5.74, 6) is 1.02. The van der Waals surface area contributed by atoms with E-state index in [1.165, 1.54) is 0 Å². The molecule has 4 heteroatoms. The van der Waals surface area contributed by atoms with Crippen LogP contribution >= 0.6 is 0 Å². The highest BCUT2D eigenvalue weighted by molar-refractivity contribution is 5.99. The van der Waals surface area contributed by atoms with Crippen LogP contribution < -0.4 is 5.32 Å². The van der Waals surface area contributed by atoms with E-state index in [0.29, 0.717) is 18.4 Å². The van der Waals surface area contributed by atoms with Crippen LogP contribution in [0.1, 0.15) is 47.0 Å². The molecule has 1 N–H and O–H groups in total. The smallest absolute Gasteiger partial charge is 0.246 e. The van der Waals surface area contributed by atoms with Crippen LogP contribution in [0.3, 0.4) is 0 Å². The summed E-state index contributed by atoms with van der Waals surface area (Å²) in [6.07, 6.45) is 3.07. The number of nitrogens with one attached hydrogen (secondary N) is 1. The van der Waals surface area contributed by atoms with Crippen LogP contribution in [0.2, 0.25) is 0 Å². The van der Waals surface area contributed by atoms with Gasteiger partial charge in [0.2, 0.25) is 11.8 Å². The average molecular weight is 252 g/mol.